The number of hydrogen-bond acceptors (Lipinski definition) is 4. The lowest BCUT2D eigenvalue weighted by Gasteiger charge is -1.96. The van der Waals surface area contributed by atoms with E-state index in [0.29, 0.717) is 9.49 Å². The van der Waals surface area contributed by atoms with Crippen LogP contribution in [-0.2, 0) is 6.54 Å². The van der Waals surface area contributed by atoms with Crippen LogP contribution in [0.4, 0.5) is 0 Å². The second kappa shape index (κ2) is 5.55. The molecule has 5 rings (SSSR count). The molecular formula is C20H12N4OS. The first-order chi connectivity index (χ1) is 12.8. The maximum Gasteiger partial charge on any atom is 0.274 e. The van der Waals surface area contributed by atoms with Gasteiger partial charge in [-0.05, 0) is 24.3 Å². The minimum Gasteiger partial charge on any atom is -0.333 e. The molecule has 0 saturated carbocycles. The number of para-hydroxylation sites is 3. The summed E-state index contributed by atoms with van der Waals surface area (Å²) >= 11 is 1.39. The molecule has 0 amide bonds. The van der Waals surface area contributed by atoms with Crippen molar-refractivity contribution in [3.63, 3.8) is 0 Å². The molecule has 0 N–H and O–H groups in total. The van der Waals surface area contributed by atoms with Crippen molar-refractivity contribution in [3.05, 3.63) is 75.2 Å². The van der Waals surface area contributed by atoms with Gasteiger partial charge in [0.05, 0.1) is 21.6 Å². The predicted molar refractivity (Wildman–Crippen MR) is 103 cm³/mol. The standard InChI is InChI=1S/C20H12N4OS/c21-9-10-23-12-13(14-5-1-3-7-16(14)23)11-18-19(25)24-17-8-4-2-6-15(17)22-20(24)26-18/h1-8,11-12H,10H2/b18-11-. The zero-order valence-corrected chi connectivity index (χ0v) is 14.4. The van der Waals surface area contributed by atoms with Gasteiger partial charge < -0.3 is 4.57 Å². The summed E-state index contributed by atoms with van der Waals surface area (Å²) < 4.78 is 4.21. The van der Waals surface area contributed by atoms with E-state index in [0.717, 1.165) is 27.5 Å². The number of rotatable bonds is 2. The van der Waals surface area contributed by atoms with E-state index in [9.17, 15) is 4.79 Å². The van der Waals surface area contributed by atoms with E-state index >= 15 is 0 Å². The van der Waals surface area contributed by atoms with E-state index in [1.807, 2.05) is 65.4 Å². The van der Waals surface area contributed by atoms with Crippen molar-refractivity contribution in [2.45, 2.75) is 6.54 Å². The zero-order chi connectivity index (χ0) is 17.7. The molecule has 0 aliphatic heterocycles. The number of hydrogen-bond donors (Lipinski definition) is 0. The van der Waals surface area contributed by atoms with E-state index < -0.39 is 0 Å². The molecule has 3 aromatic heterocycles. The van der Waals surface area contributed by atoms with E-state index in [1.165, 1.54) is 11.3 Å². The van der Waals surface area contributed by atoms with Gasteiger partial charge in [0, 0.05) is 22.7 Å². The fraction of sp³-hybridized carbons (Fsp3) is 0.0500. The van der Waals surface area contributed by atoms with Gasteiger partial charge in [-0.25, -0.2) is 9.38 Å². The van der Waals surface area contributed by atoms with Gasteiger partial charge in [-0.1, -0.05) is 41.7 Å². The molecular weight excluding hydrogens is 344 g/mol. The lowest BCUT2D eigenvalue weighted by molar-refractivity contribution is 0.873. The number of thiazole rings is 1. The van der Waals surface area contributed by atoms with E-state index in [4.69, 9.17) is 5.26 Å². The molecule has 124 valence electrons. The third-order valence-corrected chi connectivity index (χ3v) is 5.46. The third-order valence-electron chi connectivity index (χ3n) is 4.49. The Kier molecular flexibility index (Phi) is 3.17. The van der Waals surface area contributed by atoms with Gasteiger partial charge in [-0.3, -0.25) is 4.79 Å². The summed E-state index contributed by atoms with van der Waals surface area (Å²) in [7, 11) is 0. The molecule has 2 aromatic carbocycles. The molecule has 0 aliphatic rings. The summed E-state index contributed by atoms with van der Waals surface area (Å²) in [5.41, 5.74) is 3.51. The van der Waals surface area contributed by atoms with Crippen LogP contribution in [0.25, 0.3) is 33.0 Å². The van der Waals surface area contributed by atoms with Crippen LogP contribution in [0.15, 0.2) is 59.5 Å². The van der Waals surface area contributed by atoms with Gasteiger partial charge in [-0.2, -0.15) is 5.26 Å². The highest BCUT2D eigenvalue weighted by Gasteiger charge is 2.12. The smallest absolute Gasteiger partial charge is 0.274 e. The van der Waals surface area contributed by atoms with Crippen LogP contribution in [0.1, 0.15) is 5.56 Å². The Bertz CT molecular complexity index is 1450. The highest BCUT2D eigenvalue weighted by atomic mass is 32.1. The van der Waals surface area contributed by atoms with Gasteiger partial charge in [-0.15, -0.1) is 0 Å². The molecule has 5 aromatic rings. The number of nitriles is 1. The number of nitrogens with zero attached hydrogens (tertiary/aromatic N) is 4. The average molecular weight is 356 g/mol. The summed E-state index contributed by atoms with van der Waals surface area (Å²) in [6.07, 6.45) is 3.82. The van der Waals surface area contributed by atoms with Crippen molar-refractivity contribution < 1.29 is 0 Å². The summed E-state index contributed by atoms with van der Waals surface area (Å²) in [6.45, 7) is 0.275. The SMILES string of the molecule is N#CCn1cc(/C=c2\sc3nc4ccccc4n3c2=O)c2ccccc21. The van der Waals surface area contributed by atoms with Gasteiger partial charge in [0.25, 0.3) is 5.56 Å². The van der Waals surface area contributed by atoms with E-state index in [1.54, 1.807) is 4.40 Å². The van der Waals surface area contributed by atoms with Gasteiger partial charge in [0.15, 0.2) is 4.96 Å². The summed E-state index contributed by atoms with van der Waals surface area (Å²) in [5.74, 6) is 0. The van der Waals surface area contributed by atoms with Crippen molar-refractivity contribution in [2.24, 2.45) is 0 Å². The Labute approximate surface area is 151 Å². The number of aromatic nitrogens is 3. The Balaban J connectivity index is 1.80. The number of fused-ring (bicyclic) bond motifs is 4. The van der Waals surface area contributed by atoms with Crippen LogP contribution >= 0.6 is 11.3 Å². The molecule has 0 bridgehead atoms. The third kappa shape index (κ3) is 2.08. The normalized spacial score (nSPS) is 12.3. The summed E-state index contributed by atoms with van der Waals surface area (Å²) in [6, 6.07) is 17.7. The maximum atomic E-state index is 12.9. The second-order valence-electron chi connectivity index (χ2n) is 6.02. The van der Waals surface area contributed by atoms with Crippen LogP contribution in [-0.4, -0.2) is 14.0 Å². The first kappa shape index (κ1) is 14.9. The topological polar surface area (TPSA) is 63.1 Å². The summed E-state index contributed by atoms with van der Waals surface area (Å²) in [4.78, 5) is 18.2. The maximum absolute atomic E-state index is 12.9. The minimum atomic E-state index is -0.0594. The molecule has 5 nitrogen and oxygen atoms in total. The van der Waals surface area contributed by atoms with Crippen LogP contribution in [0.5, 0.6) is 0 Å². The Morgan fingerprint density at radius 1 is 1.12 bits per heavy atom. The molecule has 0 aliphatic carbocycles. The molecule has 0 atom stereocenters. The zero-order valence-electron chi connectivity index (χ0n) is 13.6. The molecule has 26 heavy (non-hydrogen) atoms. The van der Waals surface area contributed by atoms with Crippen molar-refractivity contribution in [3.8, 4) is 6.07 Å². The molecule has 0 saturated heterocycles. The fourth-order valence-corrected chi connectivity index (χ4v) is 4.33. The number of imidazole rings is 1. The lowest BCUT2D eigenvalue weighted by Crippen LogP contribution is -2.22. The average Bonchev–Trinajstić information content (AvgIpc) is 3.28. The van der Waals surface area contributed by atoms with Crippen LogP contribution in [0, 0.1) is 11.3 Å². The highest BCUT2D eigenvalue weighted by Crippen LogP contribution is 2.22. The number of benzene rings is 2. The Morgan fingerprint density at radius 3 is 2.73 bits per heavy atom. The van der Waals surface area contributed by atoms with Gasteiger partial charge in [0.1, 0.15) is 6.54 Å². The second-order valence-corrected chi connectivity index (χ2v) is 7.03. The van der Waals surface area contributed by atoms with Crippen LogP contribution in [0.3, 0.4) is 0 Å². The first-order valence-corrected chi connectivity index (χ1v) is 8.94. The molecule has 3 heterocycles. The Morgan fingerprint density at radius 2 is 1.88 bits per heavy atom. The Hall–Kier alpha value is -3.43. The van der Waals surface area contributed by atoms with Crippen LogP contribution in [0.2, 0.25) is 0 Å². The van der Waals surface area contributed by atoms with Gasteiger partial charge >= 0.3 is 0 Å². The monoisotopic (exact) mass is 356 g/mol. The van der Waals surface area contributed by atoms with E-state index in [-0.39, 0.29) is 12.1 Å². The van der Waals surface area contributed by atoms with Crippen LogP contribution < -0.4 is 10.1 Å². The summed E-state index contributed by atoms with van der Waals surface area (Å²) in [5, 5.41) is 10.1. The molecule has 6 heteroatoms. The lowest BCUT2D eigenvalue weighted by atomic mass is 10.2. The van der Waals surface area contributed by atoms with Gasteiger partial charge in [0.2, 0.25) is 0 Å². The van der Waals surface area contributed by atoms with Crippen molar-refractivity contribution in [1.82, 2.24) is 14.0 Å². The van der Waals surface area contributed by atoms with Crippen molar-refractivity contribution >= 4 is 44.3 Å². The molecule has 0 unspecified atom stereocenters. The first-order valence-electron chi connectivity index (χ1n) is 8.13. The molecule has 0 fully saturated rings. The largest absolute Gasteiger partial charge is 0.333 e. The molecule has 0 radical (unpaired) electrons. The highest BCUT2D eigenvalue weighted by molar-refractivity contribution is 7.15. The van der Waals surface area contributed by atoms with Crippen molar-refractivity contribution in [1.29, 1.82) is 5.26 Å². The predicted octanol–water partition coefficient (Wildman–Crippen LogP) is 2.94. The fourth-order valence-electron chi connectivity index (χ4n) is 3.35. The van der Waals surface area contributed by atoms with E-state index in [2.05, 4.69) is 11.1 Å². The molecule has 0 spiro atoms. The van der Waals surface area contributed by atoms with Crippen molar-refractivity contribution in [2.75, 3.05) is 0 Å². The minimum absolute atomic E-state index is 0.0594. The quantitative estimate of drug-likeness (QED) is 0.488.